The van der Waals surface area contributed by atoms with Gasteiger partial charge in [-0.25, -0.2) is 0 Å². The van der Waals surface area contributed by atoms with Gasteiger partial charge < -0.3 is 11.1 Å². The van der Waals surface area contributed by atoms with Crippen molar-refractivity contribution in [3.63, 3.8) is 0 Å². The van der Waals surface area contributed by atoms with Crippen molar-refractivity contribution in [1.82, 2.24) is 5.32 Å². The van der Waals surface area contributed by atoms with Crippen LogP contribution < -0.4 is 11.1 Å². The molecule has 1 saturated heterocycles. The number of hydrogen-bond donors (Lipinski definition) is 2. The van der Waals surface area contributed by atoms with E-state index in [2.05, 4.69) is 5.32 Å². The molecule has 3 N–H and O–H groups in total. The second kappa shape index (κ2) is 2.23. The van der Waals surface area contributed by atoms with Gasteiger partial charge in [-0.2, -0.15) is 0 Å². The third kappa shape index (κ3) is 0.904. The molecule has 1 rings (SSSR count). The standard InChI is InChI=1S/C7H14N2O/c1-5(2)7(8)3-4-9-6(7)10/h5H,3-4,8H2,1-2H3,(H,9,10). The molecule has 10 heavy (non-hydrogen) atoms. The summed E-state index contributed by atoms with van der Waals surface area (Å²) in [5.41, 5.74) is 5.24. The molecular weight excluding hydrogens is 128 g/mol. The zero-order valence-electron chi connectivity index (χ0n) is 6.48. The van der Waals surface area contributed by atoms with Crippen LogP contribution in [-0.4, -0.2) is 18.0 Å². The molecular formula is C7H14N2O. The highest BCUT2D eigenvalue weighted by atomic mass is 16.2. The molecule has 0 spiro atoms. The monoisotopic (exact) mass is 142 g/mol. The summed E-state index contributed by atoms with van der Waals surface area (Å²) in [6.45, 7) is 4.68. The largest absolute Gasteiger partial charge is 0.354 e. The van der Waals surface area contributed by atoms with Crippen LogP contribution in [0.2, 0.25) is 0 Å². The maximum Gasteiger partial charge on any atom is 0.240 e. The smallest absolute Gasteiger partial charge is 0.240 e. The number of carbonyl (C=O) groups excluding carboxylic acids is 1. The SMILES string of the molecule is CC(C)C1(N)CCNC1=O. The van der Waals surface area contributed by atoms with Crippen LogP contribution in [0.15, 0.2) is 0 Å². The maximum absolute atomic E-state index is 11.1. The number of hydrogen-bond acceptors (Lipinski definition) is 2. The average Bonchev–Trinajstić information content (AvgIpc) is 2.15. The van der Waals surface area contributed by atoms with Gasteiger partial charge in [0, 0.05) is 6.54 Å². The van der Waals surface area contributed by atoms with Crippen LogP contribution in [0.3, 0.4) is 0 Å². The predicted molar refractivity (Wildman–Crippen MR) is 39.4 cm³/mol. The number of amides is 1. The van der Waals surface area contributed by atoms with Crippen molar-refractivity contribution in [3.05, 3.63) is 0 Å². The Morgan fingerprint density at radius 2 is 2.30 bits per heavy atom. The molecule has 1 aliphatic rings. The van der Waals surface area contributed by atoms with Gasteiger partial charge in [-0.1, -0.05) is 13.8 Å². The number of carbonyl (C=O) groups is 1. The van der Waals surface area contributed by atoms with E-state index >= 15 is 0 Å². The highest BCUT2D eigenvalue weighted by Crippen LogP contribution is 2.21. The summed E-state index contributed by atoms with van der Waals surface area (Å²) in [6, 6.07) is 0. The average molecular weight is 142 g/mol. The van der Waals surface area contributed by atoms with Gasteiger partial charge in [0.15, 0.2) is 0 Å². The molecule has 0 aromatic carbocycles. The molecule has 1 atom stereocenters. The highest BCUT2D eigenvalue weighted by molar-refractivity contribution is 5.88. The quantitative estimate of drug-likeness (QED) is 0.535. The first-order valence-electron chi connectivity index (χ1n) is 3.64. The summed E-state index contributed by atoms with van der Waals surface area (Å²) in [5.74, 6) is 0.234. The van der Waals surface area contributed by atoms with Crippen molar-refractivity contribution < 1.29 is 4.79 Å². The minimum Gasteiger partial charge on any atom is -0.354 e. The topological polar surface area (TPSA) is 55.1 Å². The van der Waals surface area contributed by atoms with Gasteiger partial charge in [0.25, 0.3) is 0 Å². The van der Waals surface area contributed by atoms with Gasteiger partial charge in [-0.15, -0.1) is 0 Å². The van der Waals surface area contributed by atoms with Gasteiger partial charge in [0.1, 0.15) is 0 Å². The molecule has 1 heterocycles. The van der Waals surface area contributed by atoms with E-state index in [9.17, 15) is 4.79 Å². The molecule has 0 aromatic heterocycles. The fraction of sp³-hybridized carbons (Fsp3) is 0.857. The zero-order chi connectivity index (χ0) is 7.78. The van der Waals surface area contributed by atoms with Crippen molar-refractivity contribution in [2.24, 2.45) is 11.7 Å². The van der Waals surface area contributed by atoms with Crippen molar-refractivity contribution >= 4 is 5.91 Å². The van der Waals surface area contributed by atoms with Gasteiger partial charge >= 0.3 is 0 Å². The van der Waals surface area contributed by atoms with Gasteiger partial charge in [0.2, 0.25) is 5.91 Å². The van der Waals surface area contributed by atoms with Crippen LogP contribution in [0.5, 0.6) is 0 Å². The van der Waals surface area contributed by atoms with Crippen LogP contribution in [0.4, 0.5) is 0 Å². The van der Waals surface area contributed by atoms with E-state index in [0.717, 1.165) is 13.0 Å². The molecule has 1 aliphatic heterocycles. The Morgan fingerprint density at radius 1 is 1.70 bits per heavy atom. The predicted octanol–water partition coefficient (Wildman–Crippen LogP) is -0.140. The maximum atomic E-state index is 11.1. The lowest BCUT2D eigenvalue weighted by Gasteiger charge is -2.24. The van der Waals surface area contributed by atoms with E-state index in [0.29, 0.717) is 0 Å². The molecule has 3 heteroatoms. The van der Waals surface area contributed by atoms with Crippen LogP contribution in [0, 0.1) is 5.92 Å². The molecule has 1 fully saturated rings. The van der Waals surface area contributed by atoms with E-state index in [4.69, 9.17) is 5.73 Å². The number of nitrogens with two attached hydrogens (primary N) is 1. The Bertz CT molecular complexity index is 156. The lowest BCUT2D eigenvalue weighted by molar-refractivity contribution is -0.124. The molecule has 0 aliphatic carbocycles. The summed E-state index contributed by atoms with van der Waals surface area (Å²) in [6.07, 6.45) is 0.767. The molecule has 0 saturated carbocycles. The molecule has 0 aromatic rings. The molecule has 1 amide bonds. The first-order chi connectivity index (χ1) is 4.57. The third-order valence-electron chi connectivity index (χ3n) is 2.28. The third-order valence-corrected chi connectivity index (χ3v) is 2.28. The number of nitrogens with one attached hydrogen (secondary N) is 1. The van der Waals surface area contributed by atoms with Crippen LogP contribution in [0.25, 0.3) is 0 Å². The second-order valence-corrected chi connectivity index (χ2v) is 3.20. The summed E-state index contributed by atoms with van der Waals surface area (Å²) in [4.78, 5) is 11.1. The highest BCUT2D eigenvalue weighted by Gasteiger charge is 2.40. The molecule has 0 radical (unpaired) electrons. The van der Waals surface area contributed by atoms with Crippen LogP contribution in [-0.2, 0) is 4.79 Å². The first-order valence-corrected chi connectivity index (χ1v) is 3.64. The Morgan fingerprint density at radius 3 is 2.50 bits per heavy atom. The lowest BCUT2D eigenvalue weighted by atomic mass is 9.86. The number of rotatable bonds is 1. The van der Waals surface area contributed by atoms with Crippen molar-refractivity contribution in [3.8, 4) is 0 Å². The molecule has 1 unspecified atom stereocenters. The Labute approximate surface area is 61.0 Å². The minimum atomic E-state index is -0.597. The van der Waals surface area contributed by atoms with Gasteiger partial charge in [-0.05, 0) is 12.3 Å². The Kier molecular flexibility index (Phi) is 1.68. The molecule has 3 nitrogen and oxygen atoms in total. The lowest BCUT2D eigenvalue weighted by Crippen LogP contribution is -2.51. The first kappa shape index (κ1) is 7.54. The van der Waals surface area contributed by atoms with Crippen molar-refractivity contribution in [2.75, 3.05) is 6.54 Å². The van der Waals surface area contributed by atoms with E-state index < -0.39 is 5.54 Å². The van der Waals surface area contributed by atoms with Crippen molar-refractivity contribution in [2.45, 2.75) is 25.8 Å². The van der Waals surface area contributed by atoms with Gasteiger partial charge in [0.05, 0.1) is 5.54 Å². The summed E-state index contributed by atoms with van der Waals surface area (Å²) < 4.78 is 0. The summed E-state index contributed by atoms with van der Waals surface area (Å²) in [5, 5.41) is 2.73. The van der Waals surface area contributed by atoms with E-state index in [1.807, 2.05) is 13.8 Å². The normalized spacial score (nSPS) is 33.0. The fourth-order valence-electron chi connectivity index (χ4n) is 1.21. The Balaban J connectivity index is 2.75. The minimum absolute atomic E-state index is 0.00231. The summed E-state index contributed by atoms with van der Waals surface area (Å²) in [7, 11) is 0. The van der Waals surface area contributed by atoms with Crippen molar-refractivity contribution in [1.29, 1.82) is 0 Å². The van der Waals surface area contributed by atoms with Gasteiger partial charge in [-0.3, -0.25) is 4.79 Å². The van der Waals surface area contributed by atoms with E-state index in [1.165, 1.54) is 0 Å². The Hall–Kier alpha value is -0.570. The fourth-order valence-corrected chi connectivity index (χ4v) is 1.21. The molecule has 0 bridgehead atoms. The zero-order valence-corrected chi connectivity index (χ0v) is 6.48. The molecule has 58 valence electrons. The van der Waals surface area contributed by atoms with Crippen LogP contribution >= 0.6 is 0 Å². The van der Waals surface area contributed by atoms with E-state index in [1.54, 1.807) is 0 Å². The summed E-state index contributed by atoms with van der Waals surface area (Å²) >= 11 is 0. The van der Waals surface area contributed by atoms with E-state index in [-0.39, 0.29) is 11.8 Å². The second-order valence-electron chi connectivity index (χ2n) is 3.20. The van der Waals surface area contributed by atoms with Crippen LogP contribution in [0.1, 0.15) is 20.3 Å².